The van der Waals surface area contributed by atoms with E-state index in [1.54, 1.807) is 12.1 Å². The van der Waals surface area contributed by atoms with Crippen LogP contribution in [0.5, 0.6) is 0 Å². The van der Waals surface area contributed by atoms with E-state index in [0.29, 0.717) is 29.8 Å². The Labute approximate surface area is 131 Å². The zero-order chi connectivity index (χ0) is 15.1. The summed E-state index contributed by atoms with van der Waals surface area (Å²) in [5.74, 6) is -0.122. The Morgan fingerprint density at radius 1 is 1.38 bits per heavy atom. The SMILES string of the molecule is CCNc1ccc(Cl)cc1C(=O)NCCOC1CCCC1. The van der Waals surface area contributed by atoms with Gasteiger partial charge in [0.1, 0.15) is 0 Å². The first-order valence-electron chi connectivity index (χ1n) is 7.64. The van der Waals surface area contributed by atoms with Crippen LogP contribution in [0, 0.1) is 0 Å². The van der Waals surface area contributed by atoms with Crippen molar-refractivity contribution in [3.63, 3.8) is 0 Å². The first-order chi connectivity index (χ1) is 10.2. The lowest BCUT2D eigenvalue weighted by Crippen LogP contribution is -2.29. The Morgan fingerprint density at radius 3 is 2.86 bits per heavy atom. The summed E-state index contributed by atoms with van der Waals surface area (Å²) in [7, 11) is 0. The number of anilines is 1. The predicted molar refractivity (Wildman–Crippen MR) is 86.2 cm³/mol. The fraction of sp³-hybridized carbons (Fsp3) is 0.562. The second-order valence-electron chi connectivity index (χ2n) is 5.25. The summed E-state index contributed by atoms with van der Waals surface area (Å²) in [6, 6.07) is 5.29. The third kappa shape index (κ3) is 4.90. The molecule has 0 aliphatic heterocycles. The number of carbonyl (C=O) groups is 1. The first kappa shape index (κ1) is 16.1. The minimum Gasteiger partial charge on any atom is -0.385 e. The van der Waals surface area contributed by atoms with Gasteiger partial charge in [0.25, 0.3) is 5.91 Å². The third-order valence-electron chi connectivity index (χ3n) is 3.64. The number of amides is 1. The van der Waals surface area contributed by atoms with E-state index >= 15 is 0 Å². The van der Waals surface area contributed by atoms with E-state index in [-0.39, 0.29) is 5.91 Å². The molecule has 21 heavy (non-hydrogen) atoms. The van der Waals surface area contributed by atoms with Crippen molar-refractivity contribution in [3.05, 3.63) is 28.8 Å². The molecule has 1 aliphatic rings. The Hall–Kier alpha value is -1.26. The van der Waals surface area contributed by atoms with Crippen LogP contribution < -0.4 is 10.6 Å². The molecule has 1 amide bonds. The van der Waals surface area contributed by atoms with Crippen molar-refractivity contribution in [2.24, 2.45) is 0 Å². The summed E-state index contributed by atoms with van der Waals surface area (Å²) in [4.78, 5) is 12.2. The lowest BCUT2D eigenvalue weighted by atomic mass is 10.1. The molecule has 0 radical (unpaired) electrons. The molecule has 0 bridgehead atoms. The highest BCUT2D eigenvalue weighted by Gasteiger charge is 2.15. The molecule has 4 nitrogen and oxygen atoms in total. The first-order valence-corrected chi connectivity index (χ1v) is 8.01. The molecule has 1 aromatic carbocycles. The van der Waals surface area contributed by atoms with Gasteiger partial charge >= 0.3 is 0 Å². The zero-order valence-electron chi connectivity index (χ0n) is 12.5. The van der Waals surface area contributed by atoms with E-state index in [1.165, 1.54) is 12.8 Å². The van der Waals surface area contributed by atoms with Gasteiger partial charge in [0.15, 0.2) is 0 Å². The highest BCUT2D eigenvalue weighted by atomic mass is 35.5. The zero-order valence-corrected chi connectivity index (χ0v) is 13.2. The predicted octanol–water partition coefficient (Wildman–Crippen LogP) is 3.46. The maximum absolute atomic E-state index is 12.2. The standard InChI is InChI=1S/C16H23ClN2O2/c1-2-18-15-8-7-12(17)11-14(15)16(20)19-9-10-21-13-5-3-4-6-13/h7-8,11,13,18H,2-6,9-10H2,1H3,(H,19,20). The highest BCUT2D eigenvalue weighted by molar-refractivity contribution is 6.31. The topological polar surface area (TPSA) is 50.4 Å². The van der Waals surface area contributed by atoms with Crippen molar-refractivity contribution in [2.45, 2.75) is 38.7 Å². The molecule has 2 rings (SSSR count). The summed E-state index contributed by atoms with van der Waals surface area (Å²) < 4.78 is 5.73. The number of nitrogens with one attached hydrogen (secondary N) is 2. The molecule has 2 N–H and O–H groups in total. The van der Waals surface area contributed by atoms with Crippen LogP contribution in [0.15, 0.2) is 18.2 Å². The Balaban J connectivity index is 1.82. The summed E-state index contributed by atoms with van der Waals surface area (Å²) in [6.07, 6.45) is 5.18. The van der Waals surface area contributed by atoms with Crippen molar-refractivity contribution < 1.29 is 9.53 Å². The molecule has 5 heteroatoms. The molecule has 1 aliphatic carbocycles. The van der Waals surface area contributed by atoms with Crippen molar-refractivity contribution >= 4 is 23.2 Å². The highest BCUT2D eigenvalue weighted by Crippen LogP contribution is 2.21. The molecule has 0 aromatic heterocycles. The minimum atomic E-state index is -0.122. The Morgan fingerprint density at radius 2 is 2.14 bits per heavy atom. The maximum atomic E-state index is 12.2. The van der Waals surface area contributed by atoms with Crippen LogP contribution in [-0.2, 0) is 4.74 Å². The summed E-state index contributed by atoms with van der Waals surface area (Å²) >= 11 is 5.98. The van der Waals surface area contributed by atoms with Crippen LogP contribution in [0.4, 0.5) is 5.69 Å². The second-order valence-corrected chi connectivity index (χ2v) is 5.69. The average Bonchev–Trinajstić information content (AvgIpc) is 2.99. The van der Waals surface area contributed by atoms with Crippen LogP contribution in [0.1, 0.15) is 43.0 Å². The van der Waals surface area contributed by atoms with Crippen LogP contribution >= 0.6 is 11.6 Å². The van der Waals surface area contributed by atoms with Crippen LogP contribution in [0.2, 0.25) is 5.02 Å². The Bertz CT molecular complexity index is 473. The molecule has 0 saturated heterocycles. The molecule has 0 spiro atoms. The molecular formula is C16H23ClN2O2. The van der Waals surface area contributed by atoms with E-state index in [0.717, 1.165) is 25.1 Å². The normalized spacial score (nSPS) is 15.1. The van der Waals surface area contributed by atoms with Gasteiger partial charge in [0.05, 0.1) is 18.3 Å². The van der Waals surface area contributed by atoms with E-state index in [1.807, 2.05) is 13.0 Å². The van der Waals surface area contributed by atoms with E-state index in [4.69, 9.17) is 16.3 Å². The van der Waals surface area contributed by atoms with Gasteiger partial charge in [-0.2, -0.15) is 0 Å². The van der Waals surface area contributed by atoms with E-state index in [9.17, 15) is 4.79 Å². The van der Waals surface area contributed by atoms with Crippen molar-refractivity contribution in [2.75, 3.05) is 25.0 Å². The fourth-order valence-electron chi connectivity index (χ4n) is 2.59. The number of hydrogen-bond donors (Lipinski definition) is 2. The molecule has 0 atom stereocenters. The molecule has 1 fully saturated rings. The molecular weight excluding hydrogens is 288 g/mol. The van der Waals surface area contributed by atoms with Gasteiger partial charge in [-0.05, 0) is 38.0 Å². The quantitative estimate of drug-likeness (QED) is 0.758. The second kappa shape index (κ2) is 8.25. The summed E-state index contributed by atoms with van der Waals surface area (Å²) in [6.45, 7) is 3.83. The van der Waals surface area contributed by atoms with Crippen molar-refractivity contribution in [3.8, 4) is 0 Å². The molecule has 116 valence electrons. The monoisotopic (exact) mass is 310 g/mol. The molecule has 0 heterocycles. The maximum Gasteiger partial charge on any atom is 0.253 e. The van der Waals surface area contributed by atoms with E-state index in [2.05, 4.69) is 10.6 Å². The molecule has 0 unspecified atom stereocenters. The average molecular weight is 311 g/mol. The summed E-state index contributed by atoms with van der Waals surface area (Å²) in [5.41, 5.74) is 1.38. The van der Waals surface area contributed by atoms with E-state index < -0.39 is 0 Å². The fourth-order valence-corrected chi connectivity index (χ4v) is 2.76. The van der Waals surface area contributed by atoms with Crippen molar-refractivity contribution in [1.82, 2.24) is 5.32 Å². The summed E-state index contributed by atoms with van der Waals surface area (Å²) in [5, 5.41) is 6.61. The van der Waals surface area contributed by atoms with Gasteiger partial charge in [-0.1, -0.05) is 24.4 Å². The van der Waals surface area contributed by atoms with Gasteiger partial charge in [0.2, 0.25) is 0 Å². The number of halogens is 1. The van der Waals surface area contributed by atoms with Crippen LogP contribution in [0.25, 0.3) is 0 Å². The minimum absolute atomic E-state index is 0.122. The largest absolute Gasteiger partial charge is 0.385 e. The van der Waals surface area contributed by atoms with Gasteiger partial charge in [-0.15, -0.1) is 0 Å². The van der Waals surface area contributed by atoms with Crippen LogP contribution in [0.3, 0.4) is 0 Å². The number of benzene rings is 1. The van der Waals surface area contributed by atoms with Gasteiger partial charge in [0, 0.05) is 23.8 Å². The van der Waals surface area contributed by atoms with Gasteiger partial charge in [-0.25, -0.2) is 0 Å². The lowest BCUT2D eigenvalue weighted by Gasteiger charge is -2.13. The number of carbonyl (C=O) groups excluding carboxylic acids is 1. The van der Waals surface area contributed by atoms with Gasteiger partial charge in [-0.3, -0.25) is 4.79 Å². The number of ether oxygens (including phenoxy) is 1. The van der Waals surface area contributed by atoms with Crippen LogP contribution in [-0.4, -0.2) is 31.7 Å². The number of hydrogen-bond acceptors (Lipinski definition) is 3. The number of rotatable bonds is 7. The third-order valence-corrected chi connectivity index (χ3v) is 3.87. The smallest absolute Gasteiger partial charge is 0.253 e. The van der Waals surface area contributed by atoms with Crippen molar-refractivity contribution in [1.29, 1.82) is 0 Å². The molecule has 1 aromatic rings. The molecule has 1 saturated carbocycles. The van der Waals surface area contributed by atoms with Gasteiger partial charge < -0.3 is 15.4 Å². The lowest BCUT2D eigenvalue weighted by molar-refractivity contribution is 0.0582. The Kier molecular flexibility index (Phi) is 6.33.